The molecule has 0 unspecified atom stereocenters. The highest BCUT2D eigenvalue weighted by Gasteiger charge is 2.24. The third-order valence-corrected chi connectivity index (χ3v) is 3.81. The van der Waals surface area contributed by atoms with Gasteiger partial charge in [-0.15, -0.1) is 0 Å². The van der Waals surface area contributed by atoms with Gasteiger partial charge in [0, 0.05) is 17.3 Å². The van der Waals surface area contributed by atoms with Crippen LogP contribution in [0.4, 0.5) is 10.5 Å². The van der Waals surface area contributed by atoms with Crippen LogP contribution in [0.25, 0.3) is 0 Å². The predicted molar refractivity (Wildman–Crippen MR) is 89.4 cm³/mol. The van der Waals surface area contributed by atoms with E-state index in [0.29, 0.717) is 10.6 Å². The molecule has 2 aromatic carbocycles. The molecule has 24 heavy (non-hydrogen) atoms. The molecule has 0 saturated carbocycles. The van der Waals surface area contributed by atoms with Crippen LogP contribution in [0.1, 0.15) is 22.0 Å². The van der Waals surface area contributed by atoms with Crippen LogP contribution in [0.3, 0.4) is 0 Å². The quantitative estimate of drug-likeness (QED) is 0.332. The molecular formula is C16H16ClN3O4. The molecule has 126 valence electrons. The van der Waals surface area contributed by atoms with Crippen molar-refractivity contribution in [3.63, 3.8) is 0 Å². The van der Waals surface area contributed by atoms with E-state index in [-0.39, 0.29) is 17.9 Å². The second kappa shape index (κ2) is 7.78. The van der Waals surface area contributed by atoms with E-state index in [1.54, 1.807) is 24.3 Å². The van der Waals surface area contributed by atoms with Crippen molar-refractivity contribution in [2.75, 3.05) is 11.6 Å². The van der Waals surface area contributed by atoms with E-state index in [1.165, 1.54) is 24.3 Å². The molecule has 0 fully saturated rings. The van der Waals surface area contributed by atoms with Gasteiger partial charge in [-0.25, -0.2) is 20.1 Å². The summed E-state index contributed by atoms with van der Waals surface area (Å²) in [6.07, 6.45) is -1.32. The van der Waals surface area contributed by atoms with Gasteiger partial charge in [-0.2, -0.15) is 0 Å². The Balaban J connectivity index is 2.19. The average molecular weight is 350 g/mol. The minimum absolute atomic E-state index is 0.210. The van der Waals surface area contributed by atoms with Gasteiger partial charge >= 0.3 is 6.09 Å². The molecule has 0 aliphatic heterocycles. The lowest BCUT2D eigenvalue weighted by Crippen LogP contribution is -2.36. The molecule has 4 N–H and O–H groups in total. The molecular weight excluding hydrogens is 334 g/mol. The van der Waals surface area contributed by atoms with Crippen molar-refractivity contribution in [1.82, 2.24) is 4.42 Å². The van der Waals surface area contributed by atoms with Gasteiger partial charge in [0.25, 0.3) is 5.91 Å². The summed E-state index contributed by atoms with van der Waals surface area (Å²) < 4.78 is 0.918. The standard InChI is InChI=1S/C16H16ClN3O4/c17-19(14(10-21)11-4-2-1-3-5-11)15(22)12-6-8-13(9-7-12)20(18)16(23)24/h1-9,14,21H,10,18H2,(H,23,24)/t14-/m1/s1. The molecule has 0 bridgehead atoms. The number of aliphatic hydroxyl groups is 1. The maximum Gasteiger partial charge on any atom is 0.426 e. The summed E-state index contributed by atoms with van der Waals surface area (Å²) in [5.41, 5.74) is 1.14. The van der Waals surface area contributed by atoms with Gasteiger partial charge in [0.05, 0.1) is 18.3 Å². The number of hydrogen-bond donors (Lipinski definition) is 3. The molecule has 0 heterocycles. The number of rotatable bonds is 5. The Hall–Kier alpha value is -2.61. The molecule has 0 saturated heterocycles. The topological polar surface area (TPSA) is 107 Å². The Kier molecular flexibility index (Phi) is 5.75. The molecule has 0 radical (unpaired) electrons. The number of aliphatic hydroxyl groups excluding tert-OH is 1. The third-order valence-electron chi connectivity index (χ3n) is 3.42. The second-order valence-corrected chi connectivity index (χ2v) is 5.29. The number of hydrazine groups is 1. The second-order valence-electron chi connectivity index (χ2n) is 4.92. The molecule has 0 aliphatic rings. The predicted octanol–water partition coefficient (Wildman–Crippen LogP) is 2.37. The molecule has 0 spiro atoms. The lowest BCUT2D eigenvalue weighted by molar-refractivity contribution is 0.0775. The van der Waals surface area contributed by atoms with Crippen LogP contribution in [0.15, 0.2) is 54.6 Å². The Morgan fingerprint density at radius 2 is 1.67 bits per heavy atom. The maximum absolute atomic E-state index is 12.5. The normalized spacial score (nSPS) is 11.6. The Morgan fingerprint density at radius 1 is 1.08 bits per heavy atom. The van der Waals surface area contributed by atoms with Crippen LogP contribution >= 0.6 is 11.8 Å². The zero-order valence-electron chi connectivity index (χ0n) is 12.5. The summed E-state index contributed by atoms with van der Waals surface area (Å²) in [7, 11) is 0. The molecule has 0 aromatic heterocycles. The first-order valence-corrected chi connectivity index (χ1v) is 7.32. The zero-order valence-corrected chi connectivity index (χ0v) is 13.3. The zero-order chi connectivity index (χ0) is 17.7. The molecule has 2 rings (SSSR count). The highest BCUT2D eigenvalue weighted by atomic mass is 35.5. The summed E-state index contributed by atoms with van der Waals surface area (Å²) in [6.45, 7) is -0.340. The van der Waals surface area contributed by atoms with E-state index in [1.807, 2.05) is 6.07 Å². The van der Waals surface area contributed by atoms with E-state index in [0.717, 1.165) is 4.42 Å². The molecule has 2 aromatic rings. The van der Waals surface area contributed by atoms with E-state index < -0.39 is 18.0 Å². The van der Waals surface area contributed by atoms with Crippen molar-refractivity contribution in [1.29, 1.82) is 0 Å². The first kappa shape index (κ1) is 17.7. The SMILES string of the molecule is NN(C(=O)O)c1ccc(C(=O)N(Cl)[C@H](CO)c2ccccc2)cc1. The Bertz CT molecular complexity index is 709. The van der Waals surface area contributed by atoms with Crippen LogP contribution in [0, 0.1) is 0 Å². The fourth-order valence-electron chi connectivity index (χ4n) is 2.12. The summed E-state index contributed by atoms with van der Waals surface area (Å²) in [5.74, 6) is 4.83. The van der Waals surface area contributed by atoms with E-state index in [9.17, 15) is 14.7 Å². The van der Waals surface area contributed by atoms with Gasteiger partial charge in [-0.3, -0.25) is 4.79 Å². The maximum atomic E-state index is 12.5. The van der Waals surface area contributed by atoms with Crippen LogP contribution in [-0.2, 0) is 0 Å². The molecule has 8 heteroatoms. The van der Waals surface area contributed by atoms with Crippen molar-refractivity contribution in [2.24, 2.45) is 5.84 Å². The molecule has 1 atom stereocenters. The third kappa shape index (κ3) is 3.83. The van der Waals surface area contributed by atoms with E-state index in [2.05, 4.69) is 0 Å². The van der Waals surface area contributed by atoms with E-state index in [4.69, 9.17) is 22.7 Å². The number of carbonyl (C=O) groups excluding carboxylic acids is 1. The van der Waals surface area contributed by atoms with Crippen LogP contribution < -0.4 is 10.9 Å². The molecule has 2 amide bonds. The van der Waals surface area contributed by atoms with Gasteiger partial charge in [-0.05, 0) is 29.8 Å². The summed E-state index contributed by atoms with van der Waals surface area (Å²) in [5, 5.41) is 18.9. The smallest absolute Gasteiger partial charge is 0.426 e. The molecule has 0 aliphatic carbocycles. The van der Waals surface area contributed by atoms with Crippen molar-refractivity contribution in [3.8, 4) is 0 Å². The van der Waals surface area contributed by atoms with Gasteiger partial charge < -0.3 is 10.2 Å². The summed E-state index contributed by atoms with van der Waals surface area (Å²) in [6, 6.07) is 13.8. The largest absolute Gasteiger partial charge is 0.464 e. The number of anilines is 1. The van der Waals surface area contributed by atoms with Gasteiger partial charge in [-0.1, -0.05) is 30.3 Å². The lowest BCUT2D eigenvalue weighted by atomic mass is 10.1. The average Bonchev–Trinajstić information content (AvgIpc) is 2.62. The number of carboxylic acid groups (broad SMARTS) is 1. The van der Waals surface area contributed by atoms with Crippen molar-refractivity contribution < 1.29 is 19.8 Å². The van der Waals surface area contributed by atoms with Gasteiger partial charge in [0.1, 0.15) is 0 Å². The van der Waals surface area contributed by atoms with Crippen molar-refractivity contribution >= 4 is 29.5 Å². The van der Waals surface area contributed by atoms with Crippen molar-refractivity contribution in [2.45, 2.75) is 6.04 Å². The van der Waals surface area contributed by atoms with Crippen molar-refractivity contribution in [3.05, 3.63) is 65.7 Å². The number of benzene rings is 2. The van der Waals surface area contributed by atoms with Gasteiger partial charge in [0.15, 0.2) is 0 Å². The summed E-state index contributed by atoms with van der Waals surface area (Å²) in [4.78, 5) is 23.2. The van der Waals surface area contributed by atoms with Gasteiger partial charge in [0.2, 0.25) is 0 Å². The first-order chi connectivity index (χ1) is 11.5. The fraction of sp³-hybridized carbons (Fsp3) is 0.125. The van der Waals surface area contributed by atoms with Crippen LogP contribution in [-0.4, -0.2) is 33.2 Å². The fourth-order valence-corrected chi connectivity index (χ4v) is 2.40. The highest BCUT2D eigenvalue weighted by molar-refractivity contribution is 6.24. The highest BCUT2D eigenvalue weighted by Crippen LogP contribution is 2.25. The number of halogens is 1. The number of carbonyl (C=O) groups is 2. The Morgan fingerprint density at radius 3 is 2.17 bits per heavy atom. The minimum atomic E-state index is -1.32. The van der Waals surface area contributed by atoms with Crippen LogP contribution in [0.2, 0.25) is 0 Å². The number of nitrogens with zero attached hydrogens (tertiary/aromatic N) is 2. The number of nitrogens with two attached hydrogens (primary N) is 1. The Labute approximate surface area is 143 Å². The summed E-state index contributed by atoms with van der Waals surface area (Å²) >= 11 is 6.11. The number of amides is 2. The monoisotopic (exact) mass is 349 g/mol. The lowest BCUT2D eigenvalue weighted by Gasteiger charge is -2.24. The first-order valence-electron chi connectivity index (χ1n) is 6.98. The van der Waals surface area contributed by atoms with E-state index >= 15 is 0 Å². The van der Waals surface area contributed by atoms with Crippen LogP contribution in [0.5, 0.6) is 0 Å². The molecule has 7 nitrogen and oxygen atoms in total. The minimum Gasteiger partial charge on any atom is -0.464 e. The number of hydrogen-bond acceptors (Lipinski definition) is 4.